The van der Waals surface area contributed by atoms with Gasteiger partial charge in [-0.05, 0) is 309 Å². The minimum absolute atomic E-state index is 0.0768. The van der Waals surface area contributed by atoms with E-state index in [-0.39, 0.29) is 126 Å². The summed E-state index contributed by atoms with van der Waals surface area (Å²) in [7, 11) is 0. The van der Waals surface area contributed by atoms with E-state index < -0.39 is 0 Å². The maximum atomic E-state index is 11.4. The fourth-order valence-electron chi connectivity index (χ4n) is 19.1. The zero-order chi connectivity index (χ0) is 97.4. The summed E-state index contributed by atoms with van der Waals surface area (Å²) >= 11 is 0. The highest BCUT2D eigenvalue weighted by molar-refractivity contribution is 5.88. The molecular formula is C109H178O20. The van der Waals surface area contributed by atoms with Crippen LogP contribution in [0.15, 0.2) is 126 Å². The smallest absolute Gasteiger partial charge is 0.333 e. The molecule has 10 rings (SSSR count). The predicted octanol–water partition coefficient (Wildman–Crippen LogP) is 26.2. The second-order valence-corrected chi connectivity index (χ2v) is 40.8. The largest absolute Gasteiger partial charge is 0.459 e. The molecule has 0 heterocycles. The second kappa shape index (κ2) is 65.6. The van der Waals surface area contributed by atoms with E-state index in [2.05, 4.69) is 163 Å². The average Bonchev–Trinajstić information content (AvgIpc) is 0.844. The molecule has 20 nitrogen and oxygen atoms in total. The van der Waals surface area contributed by atoms with Crippen molar-refractivity contribution in [3.63, 3.8) is 0 Å². The molecule has 11 unspecified atom stereocenters. The van der Waals surface area contributed by atoms with Crippen LogP contribution < -0.4 is 0 Å². The molecule has 0 radical (unpaired) electrons. The third-order valence-electron chi connectivity index (χ3n) is 26.1. The molecule has 10 aliphatic rings. The Hall–Kier alpha value is -7.90. The topological polar surface area (TPSA) is 263 Å². The first-order valence-corrected chi connectivity index (χ1v) is 49.2. The van der Waals surface area contributed by atoms with E-state index in [4.69, 9.17) is 47.4 Å². The van der Waals surface area contributed by atoms with Gasteiger partial charge < -0.3 is 47.4 Å². The van der Waals surface area contributed by atoms with Crippen LogP contribution in [0.5, 0.6) is 0 Å². The van der Waals surface area contributed by atoms with Crippen LogP contribution in [0.4, 0.5) is 0 Å². The van der Waals surface area contributed by atoms with Gasteiger partial charge in [0.1, 0.15) is 60.5 Å². The van der Waals surface area contributed by atoms with Gasteiger partial charge in [-0.3, -0.25) is 0 Å². The molecule has 0 aromatic heterocycles. The Kier molecular flexibility index (Phi) is 60.6. The summed E-state index contributed by atoms with van der Waals surface area (Å²) in [6.07, 6.45) is 55.7. The second-order valence-electron chi connectivity index (χ2n) is 40.8. The van der Waals surface area contributed by atoms with Crippen molar-refractivity contribution in [1.82, 2.24) is 0 Å². The average molecular weight is 1810 g/mol. The van der Waals surface area contributed by atoms with Gasteiger partial charge in [0.2, 0.25) is 0 Å². The zero-order valence-corrected chi connectivity index (χ0v) is 83.6. The van der Waals surface area contributed by atoms with E-state index in [1.165, 1.54) is 190 Å². The van der Waals surface area contributed by atoms with E-state index in [0.29, 0.717) is 58.0 Å². The molecule has 0 aromatic rings. The number of rotatable bonds is 22. The Labute approximate surface area is 781 Å². The Morgan fingerprint density at radius 1 is 0.287 bits per heavy atom. The summed E-state index contributed by atoms with van der Waals surface area (Å²) in [5, 5.41) is 0. The maximum Gasteiger partial charge on any atom is 0.333 e. The maximum absolute atomic E-state index is 11.4. The third kappa shape index (κ3) is 55.9. The van der Waals surface area contributed by atoms with Crippen molar-refractivity contribution in [2.24, 2.45) is 70.0 Å². The number of hydrogen-bond donors (Lipinski definition) is 0. The first kappa shape index (κ1) is 119. The van der Waals surface area contributed by atoms with Gasteiger partial charge in [0, 0.05) is 59.8 Å². The summed E-state index contributed by atoms with van der Waals surface area (Å²) in [6.45, 7) is 70.8. The van der Waals surface area contributed by atoms with Gasteiger partial charge in [-0.25, -0.2) is 47.9 Å². The molecule has 129 heavy (non-hydrogen) atoms. The first-order valence-electron chi connectivity index (χ1n) is 49.2. The number of ether oxygens (including phenoxy) is 10. The lowest BCUT2D eigenvalue weighted by atomic mass is 9.71. The number of carbonyl (C=O) groups excluding carboxylic acids is 10. The van der Waals surface area contributed by atoms with Gasteiger partial charge in [-0.2, -0.15) is 0 Å². The molecule has 0 N–H and O–H groups in total. The van der Waals surface area contributed by atoms with Crippen LogP contribution in [0.3, 0.4) is 0 Å². The van der Waals surface area contributed by atoms with Crippen LogP contribution in [0.2, 0.25) is 0 Å². The monoisotopic (exact) mass is 1810 g/mol. The van der Waals surface area contributed by atoms with Crippen molar-refractivity contribution < 1.29 is 95.3 Å². The molecule has 0 bridgehead atoms. The molecule has 10 aliphatic carbocycles. The molecule has 0 saturated heterocycles. The molecule has 10 saturated carbocycles. The van der Waals surface area contributed by atoms with Crippen molar-refractivity contribution in [1.29, 1.82) is 0 Å². The van der Waals surface area contributed by atoms with Gasteiger partial charge in [0.15, 0.2) is 0 Å². The summed E-state index contributed by atoms with van der Waals surface area (Å²) in [6, 6.07) is 0. The minimum Gasteiger partial charge on any atom is -0.459 e. The Morgan fingerprint density at radius 2 is 0.605 bits per heavy atom. The van der Waals surface area contributed by atoms with E-state index >= 15 is 0 Å². The molecule has 0 aromatic carbocycles. The normalized spacial score (nSPS) is 27.0. The Bertz CT molecular complexity index is 3410. The van der Waals surface area contributed by atoms with Gasteiger partial charge in [-0.1, -0.05) is 201 Å². The Morgan fingerprint density at radius 3 is 0.992 bits per heavy atom. The van der Waals surface area contributed by atoms with E-state index in [9.17, 15) is 47.9 Å². The highest BCUT2D eigenvalue weighted by Crippen LogP contribution is 2.42. The highest BCUT2D eigenvalue weighted by atomic mass is 16.6. The van der Waals surface area contributed by atoms with Gasteiger partial charge in [-0.15, -0.1) is 0 Å². The fraction of sp³-hybridized carbons (Fsp3) is 0.725. The summed E-state index contributed by atoms with van der Waals surface area (Å²) < 4.78 is 52.4. The van der Waals surface area contributed by atoms with Crippen LogP contribution >= 0.6 is 0 Å². The van der Waals surface area contributed by atoms with Crippen LogP contribution in [-0.4, -0.2) is 120 Å². The summed E-state index contributed by atoms with van der Waals surface area (Å²) in [5.41, 5.74) is 1.36. The molecule has 0 amide bonds. The number of hydrogen-bond acceptors (Lipinski definition) is 20. The lowest BCUT2D eigenvalue weighted by molar-refractivity contribution is -0.155. The highest BCUT2D eigenvalue weighted by Gasteiger charge is 2.38. The third-order valence-corrected chi connectivity index (χ3v) is 26.1. The van der Waals surface area contributed by atoms with Crippen LogP contribution in [0.1, 0.15) is 375 Å². The molecular weight excluding hydrogens is 1630 g/mol. The summed E-state index contributed by atoms with van der Waals surface area (Å²) in [5.74, 6) is 3.87. The molecule has 734 valence electrons. The SMILES string of the molecule is C=C(C)C(=O)OC1CC(C)CC(C)(C)C1.C=C(C)C(=O)OC1CCCCC1.C=CC(=O)OC1(C)CCCCC1.C=CC(=O)OC1CC(C)CC(C)(C)C1.C=CC(=O)OC1CC(C)CCC1C(C)C.C=CC(=O)OC1CCC(C(C)C)CC1.C=CC(=O)OC1CCC(C)CC1.C=CC(=O)OC1CCCC(C)C1.C=CC(=O)OC1CCCCC1.C=CC(=O)OC1CCCCC1C. The van der Waals surface area contributed by atoms with Crippen molar-refractivity contribution in [2.75, 3.05) is 0 Å². The zero-order valence-electron chi connectivity index (χ0n) is 83.6. The molecule has 11 atom stereocenters. The number of esters is 10. The van der Waals surface area contributed by atoms with E-state index in [0.717, 1.165) is 133 Å². The minimum atomic E-state index is -0.292. The molecule has 0 aliphatic heterocycles. The van der Waals surface area contributed by atoms with E-state index in [1.807, 2.05) is 6.92 Å². The van der Waals surface area contributed by atoms with Gasteiger partial charge >= 0.3 is 59.7 Å². The van der Waals surface area contributed by atoms with Crippen LogP contribution in [0, 0.1) is 70.0 Å². The quantitative estimate of drug-likeness (QED) is 0.0554. The lowest BCUT2D eigenvalue weighted by Gasteiger charge is -2.38. The van der Waals surface area contributed by atoms with Gasteiger partial charge in [0.25, 0.3) is 0 Å². The molecule has 10 fully saturated rings. The van der Waals surface area contributed by atoms with Gasteiger partial charge in [0.05, 0.1) is 0 Å². The molecule has 0 spiro atoms. The van der Waals surface area contributed by atoms with Crippen molar-refractivity contribution in [3.8, 4) is 0 Å². The first-order chi connectivity index (χ1) is 60.8. The predicted molar refractivity (Wildman–Crippen MR) is 519 cm³/mol. The lowest BCUT2D eigenvalue weighted by Crippen LogP contribution is -2.35. The van der Waals surface area contributed by atoms with E-state index in [1.54, 1.807) is 13.8 Å². The fourth-order valence-corrected chi connectivity index (χ4v) is 19.1. The van der Waals surface area contributed by atoms with Crippen molar-refractivity contribution >= 4 is 59.7 Å². The summed E-state index contributed by atoms with van der Waals surface area (Å²) in [4.78, 5) is 110. The Balaban J connectivity index is 0.000000718. The number of carbonyl (C=O) groups is 10. The van der Waals surface area contributed by atoms with Crippen molar-refractivity contribution in [3.05, 3.63) is 126 Å². The van der Waals surface area contributed by atoms with Crippen LogP contribution in [0.25, 0.3) is 0 Å². The molecule has 20 heteroatoms. The standard InChI is InChI=1S/2C13H22O2.2C12H20O2.5C10H16O2.C9H14O2/c1-9(2)12(14)15-11-6-10(3)7-13(4,5)8-11;1-5-13(14)15-12-8-10(4)6-7-11(12)9(2)3;1-5-11(13)14-10-6-9(2)7-12(3,4)8-10;1-4-12(13)14-11-7-5-10(6-8-11)9(2)3;1-8(2)10(11)12-9-6-4-3-5-7-9;1-3-10(11)12-9-6-4-8(2)5-7-9;1-3-10(11)12-9-6-4-5-8(2)7-9;1-3-9(11)12-10(2)7-5-4-6-8-10;1-3-10(11)12-9-7-5-4-6-8(9)2;1-2-9(10)11-8-6-4-3-5-7-8/h10-11H,1,6-8H2,2-5H3;5,9-12H,1,6-8H2,2-4H3;5,9-10H,1,6-8H2,2-4H3;4,9-11H,1,5-8H2,2-3H3;9H,1,3-7H2,2H3;2*3,8-9H,1,4-7H2,2H3;3H,1,4-8H2,2H3;3,8-9H,1,4-7H2,2H3;2,8H,1,3-7H2. The van der Waals surface area contributed by atoms with Crippen LogP contribution in [-0.2, 0) is 95.3 Å². The van der Waals surface area contributed by atoms with Crippen molar-refractivity contribution in [2.45, 2.75) is 435 Å².